The molecule has 6 heteroatoms. The Kier molecular flexibility index (Phi) is 4.96. The lowest BCUT2D eigenvalue weighted by Crippen LogP contribution is -2.28. The van der Waals surface area contributed by atoms with Crippen LogP contribution < -0.4 is 9.47 Å². The molecule has 5 unspecified atom stereocenters. The van der Waals surface area contributed by atoms with Crippen molar-refractivity contribution in [3.8, 4) is 11.5 Å². The van der Waals surface area contributed by atoms with Gasteiger partial charge in [-0.2, -0.15) is 10.1 Å². The molecule has 6 nitrogen and oxygen atoms in total. The highest BCUT2D eigenvalue weighted by Crippen LogP contribution is 2.52. The summed E-state index contributed by atoms with van der Waals surface area (Å²) in [5.74, 6) is 0.870. The Labute approximate surface area is 165 Å². The van der Waals surface area contributed by atoms with Gasteiger partial charge in [0.1, 0.15) is 0 Å². The zero-order chi connectivity index (χ0) is 19.8. The standard InChI is InChI=1S/C22H26N2O4/c1-4-13(3)28-17-9-6-14(10-18(17)27-5-2)12-23-24-21(25)19-15-7-8-16(11-15)20(19)22(24)26/h6-10,12-13,15-16,19-20H,4-5,11H2,1-3H3. The fraction of sp³-hybridized carbons (Fsp3) is 0.500. The van der Waals surface area contributed by atoms with Crippen molar-refractivity contribution in [2.75, 3.05) is 6.61 Å². The second kappa shape index (κ2) is 7.41. The monoisotopic (exact) mass is 382 g/mol. The van der Waals surface area contributed by atoms with Crippen molar-refractivity contribution in [2.24, 2.45) is 28.8 Å². The summed E-state index contributed by atoms with van der Waals surface area (Å²) in [7, 11) is 0. The van der Waals surface area contributed by atoms with Gasteiger partial charge in [-0.15, -0.1) is 0 Å². The van der Waals surface area contributed by atoms with E-state index < -0.39 is 0 Å². The number of hydrogen-bond donors (Lipinski definition) is 0. The molecule has 2 bridgehead atoms. The Morgan fingerprint density at radius 2 is 1.82 bits per heavy atom. The Hall–Kier alpha value is -2.63. The van der Waals surface area contributed by atoms with Crippen molar-refractivity contribution in [3.63, 3.8) is 0 Å². The summed E-state index contributed by atoms with van der Waals surface area (Å²) in [5, 5.41) is 5.29. The molecule has 1 saturated carbocycles. The van der Waals surface area contributed by atoms with Crippen molar-refractivity contribution in [1.29, 1.82) is 0 Å². The maximum absolute atomic E-state index is 12.7. The number of benzene rings is 1. The zero-order valence-electron chi connectivity index (χ0n) is 16.5. The van der Waals surface area contributed by atoms with E-state index in [1.54, 1.807) is 6.21 Å². The Bertz CT molecular complexity index is 817. The van der Waals surface area contributed by atoms with Crippen LogP contribution in [0.5, 0.6) is 11.5 Å². The second-order valence-electron chi connectivity index (χ2n) is 7.71. The number of imide groups is 1. The van der Waals surface area contributed by atoms with Gasteiger partial charge in [-0.25, -0.2) is 0 Å². The molecule has 0 N–H and O–H groups in total. The molecule has 1 heterocycles. The van der Waals surface area contributed by atoms with Crippen molar-refractivity contribution in [2.45, 2.75) is 39.7 Å². The molecular weight excluding hydrogens is 356 g/mol. The number of hydrazone groups is 1. The molecule has 1 aromatic carbocycles. The molecule has 1 aromatic rings. The van der Waals surface area contributed by atoms with Gasteiger partial charge in [-0.1, -0.05) is 19.1 Å². The van der Waals surface area contributed by atoms with E-state index >= 15 is 0 Å². The predicted octanol–water partition coefficient (Wildman–Crippen LogP) is 3.40. The van der Waals surface area contributed by atoms with Crippen LogP contribution in [0.4, 0.5) is 0 Å². The molecule has 0 spiro atoms. The van der Waals surface area contributed by atoms with Gasteiger partial charge >= 0.3 is 0 Å². The minimum absolute atomic E-state index is 0.0851. The highest BCUT2D eigenvalue weighted by atomic mass is 16.5. The van der Waals surface area contributed by atoms with E-state index in [4.69, 9.17) is 9.47 Å². The van der Waals surface area contributed by atoms with Gasteiger partial charge in [0.05, 0.1) is 30.8 Å². The minimum atomic E-state index is -0.232. The predicted molar refractivity (Wildman–Crippen MR) is 105 cm³/mol. The van der Waals surface area contributed by atoms with Crippen LogP contribution in [0.15, 0.2) is 35.5 Å². The van der Waals surface area contributed by atoms with E-state index in [9.17, 15) is 9.59 Å². The van der Waals surface area contributed by atoms with E-state index in [2.05, 4.69) is 24.2 Å². The average molecular weight is 382 g/mol. The first-order chi connectivity index (χ1) is 13.5. The van der Waals surface area contributed by atoms with Crippen molar-refractivity contribution in [1.82, 2.24) is 5.01 Å². The smallest absolute Gasteiger partial charge is 0.254 e. The number of rotatable bonds is 7. The third-order valence-corrected chi connectivity index (χ3v) is 5.94. The number of fused-ring (bicyclic) bond motifs is 5. The summed E-state index contributed by atoms with van der Waals surface area (Å²) in [6, 6.07) is 5.51. The van der Waals surface area contributed by atoms with Crippen LogP contribution in [-0.2, 0) is 9.59 Å². The van der Waals surface area contributed by atoms with Gasteiger partial charge < -0.3 is 9.47 Å². The van der Waals surface area contributed by atoms with Crippen LogP contribution in [0.3, 0.4) is 0 Å². The van der Waals surface area contributed by atoms with Crippen molar-refractivity contribution in [3.05, 3.63) is 35.9 Å². The first kappa shape index (κ1) is 18.7. The van der Waals surface area contributed by atoms with Crippen LogP contribution >= 0.6 is 0 Å². The topological polar surface area (TPSA) is 68.2 Å². The number of carbonyl (C=O) groups excluding carboxylic acids is 2. The Morgan fingerprint density at radius 3 is 2.43 bits per heavy atom. The van der Waals surface area contributed by atoms with Crippen LogP contribution in [0.2, 0.25) is 0 Å². The molecule has 2 aliphatic carbocycles. The minimum Gasteiger partial charge on any atom is -0.490 e. The average Bonchev–Trinajstić information content (AvgIpc) is 3.36. The van der Waals surface area contributed by atoms with Gasteiger partial charge in [0, 0.05) is 0 Å². The van der Waals surface area contributed by atoms with E-state index in [1.165, 1.54) is 0 Å². The van der Waals surface area contributed by atoms with E-state index in [-0.39, 0.29) is 41.6 Å². The summed E-state index contributed by atoms with van der Waals surface area (Å²) in [6.07, 6.45) is 7.60. The van der Waals surface area contributed by atoms with Gasteiger partial charge in [-0.3, -0.25) is 9.59 Å². The van der Waals surface area contributed by atoms with Crippen molar-refractivity contribution < 1.29 is 19.1 Å². The summed E-state index contributed by atoms with van der Waals surface area (Å²) in [6.45, 7) is 6.50. The molecule has 28 heavy (non-hydrogen) atoms. The summed E-state index contributed by atoms with van der Waals surface area (Å²) < 4.78 is 11.6. The van der Waals surface area contributed by atoms with Gasteiger partial charge in [0.2, 0.25) is 0 Å². The van der Waals surface area contributed by atoms with Crippen molar-refractivity contribution >= 4 is 18.0 Å². The number of nitrogens with zero attached hydrogens (tertiary/aromatic N) is 2. The summed E-state index contributed by atoms with van der Waals surface area (Å²) in [4.78, 5) is 25.4. The molecule has 3 aliphatic rings. The van der Waals surface area contributed by atoms with Crippen LogP contribution in [0.1, 0.15) is 39.2 Å². The summed E-state index contributed by atoms with van der Waals surface area (Å²) >= 11 is 0. The van der Waals surface area contributed by atoms with Crippen LogP contribution in [0, 0.1) is 23.7 Å². The molecule has 2 amide bonds. The third kappa shape index (κ3) is 3.11. The SMILES string of the molecule is CCOc1cc(C=NN2C(=O)C3C4C=CC(C4)C3C2=O)ccc1OC(C)CC. The van der Waals surface area contributed by atoms with E-state index in [1.807, 2.05) is 32.0 Å². The molecule has 1 saturated heterocycles. The lowest BCUT2D eigenvalue weighted by atomic mass is 9.85. The first-order valence-corrected chi connectivity index (χ1v) is 10.1. The lowest BCUT2D eigenvalue weighted by Gasteiger charge is -2.16. The van der Waals surface area contributed by atoms with Crippen LogP contribution in [-0.4, -0.2) is 35.7 Å². The van der Waals surface area contributed by atoms with Crippen LogP contribution in [0.25, 0.3) is 0 Å². The molecule has 4 rings (SSSR count). The number of allylic oxidation sites excluding steroid dienone is 2. The number of carbonyl (C=O) groups is 2. The molecule has 1 aliphatic heterocycles. The molecule has 0 radical (unpaired) electrons. The quantitative estimate of drug-likeness (QED) is 0.412. The Morgan fingerprint density at radius 1 is 1.14 bits per heavy atom. The normalized spacial score (nSPS) is 29.0. The maximum Gasteiger partial charge on any atom is 0.254 e. The van der Waals surface area contributed by atoms with Gasteiger partial charge in [-0.05, 0) is 62.3 Å². The zero-order valence-corrected chi connectivity index (χ0v) is 16.5. The molecule has 2 fully saturated rings. The Balaban J connectivity index is 1.52. The number of amides is 2. The molecule has 148 valence electrons. The maximum atomic E-state index is 12.7. The first-order valence-electron chi connectivity index (χ1n) is 10.1. The second-order valence-corrected chi connectivity index (χ2v) is 7.71. The molecular formula is C22H26N2O4. The molecule has 5 atom stereocenters. The highest BCUT2D eigenvalue weighted by molar-refractivity contribution is 6.06. The molecule has 0 aromatic heterocycles. The van der Waals surface area contributed by atoms with Gasteiger partial charge in [0.15, 0.2) is 11.5 Å². The van der Waals surface area contributed by atoms with E-state index in [0.29, 0.717) is 18.1 Å². The highest BCUT2D eigenvalue weighted by Gasteiger charge is 2.59. The fourth-order valence-corrected chi connectivity index (χ4v) is 4.40. The fourth-order valence-electron chi connectivity index (χ4n) is 4.40. The summed E-state index contributed by atoms with van der Waals surface area (Å²) in [5.41, 5.74) is 0.749. The largest absolute Gasteiger partial charge is 0.490 e. The third-order valence-electron chi connectivity index (χ3n) is 5.94. The lowest BCUT2D eigenvalue weighted by molar-refractivity contribution is -0.140. The number of ether oxygens (including phenoxy) is 2. The van der Waals surface area contributed by atoms with Gasteiger partial charge in [0.25, 0.3) is 11.8 Å². The van der Waals surface area contributed by atoms with E-state index in [0.717, 1.165) is 23.4 Å². The number of hydrogen-bond acceptors (Lipinski definition) is 5.